The fourth-order valence-electron chi connectivity index (χ4n) is 2.65. The number of hydrogen-bond acceptors (Lipinski definition) is 6. The number of aromatic amines is 1. The minimum Gasteiger partial charge on any atom is -0.462 e. The summed E-state index contributed by atoms with van der Waals surface area (Å²) in [6.07, 6.45) is 0. The van der Waals surface area contributed by atoms with E-state index in [0.29, 0.717) is 29.1 Å². The highest BCUT2D eigenvalue weighted by Gasteiger charge is 2.23. The number of fused-ring (bicyclic) bond motifs is 1. The second kappa shape index (κ2) is 7.41. The van der Waals surface area contributed by atoms with Gasteiger partial charge in [0.2, 0.25) is 0 Å². The first-order valence-electron chi connectivity index (χ1n) is 7.89. The van der Waals surface area contributed by atoms with Crippen LogP contribution in [0.25, 0.3) is 10.2 Å². The summed E-state index contributed by atoms with van der Waals surface area (Å²) in [5.74, 6) is -0.185. The number of H-pyrrole nitrogens is 1. The molecule has 0 fully saturated rings. The highest BCUT2D eigenvalue weighted by molar-refractivity contribution is 8.01. The van der Waals surface area contributed by atoms with E-state index < -0.39 is 5.97 Å². The van der Waals surface area contributed by atoms with Crippen LogP contribution >= 0.6 is 23.1 Å². The molecule has 2 heterocycles. The number of rotatable bonds is 6. The van der Waals surface area contributed by atoms with Gasteiger partial charge in [0, 0.05) is 5.69 Å². The molecule has 0 amide bonds. The standard InChI is InChI=1S/C18H18N2O3S2/c1-4-23-17(22)15-10(2)16(19-11(15)3)13(21)9-24-18-20-12-7-5-6-8-14(12)25-18/h5-8,19H,4,9H2,1-3H3. The average molecular weight is 374 g/mol. The molecular formula is C18H18N2O3S2. The van der Waals surface area contributed by atoms with Crippen LogP contribution in [0, 0.1) is 13.8 Å². The van der Waals surface area contributed by atoms with Gasteiger partial charge < -0.3 is 9.72 Å². The van der Waals surface area contributed by atoms with E-state index in [0.717, 1.165) is 14.6 Å². The van der Waals surface area contributed by atoms with Gasteiger partial charge in [-0.05, 0) is 38.5 Å². The molecule has 0 aliphatic rings. The number of aromatic nitrogens is 2. The number of esters is 1. The fourth-order valence-corrected chi connectivity index (χ4v) is 4.59. The number of ether oxygens (including phenoxy) is 1. The maximum atomic E-state index is 12.6. The normalized spacial score (nSPS) is 11.0. The van der Waals surface area contributed by atoms with Crippen molar-refractivity contribution in [2.45, 2.75) is 25.1 Å². The minimum absolute atomic E-state index is 0.0552. The SMILES string of the molecule is CCOC(=O)c1c(C)[nH]c(C(=O)CSc2nc3ccccc3s2)c1C. The Morgan fingerprint density at radius 2 is 2.04 bits per heavy atom. The van der Waals surface area contributed by atoms with E-state index in [1.165, 1.54) is 11.8 Å². The molecule has 130 valence electrons. The second-order valence-corrected chi connectivity index (χ2v) is 7.76. The number of Topliss-reactive ketones (excluding diaryl/α,β-unsaturated/α-hetero) is 1. The van der Waals surface area contributed by atoms with Crippen LogP contribution in [0.3, 0.4) is 0 Å². The molecule has 5 nitrogen and oxygen atoms in total. The predicted molar refractivity (Wildman–Crippen MR) is 101 cm³/mol. The summed E-state index contributed by atoms with van der Waals surface area (Å²) in [5.41, 5.74) is 3.17. The number of nitrogens with one attached hydrogen (secondary N) is 1. The molecule has 0 unspecified atom stereocenters. The first-order valence-corrected chi connectivity index (χ1v) is 9.69. The smallest absolute Gasteiger partial charge is 0.340 e. The van der Waals surface area contributed by atoms with E-state index >= 15 is 0 Å². The molecule has 1 aromatic carbocycles. The van der Waals surface area contributed by atoms with E-state index in [-0.39, 0.29) is 11.5 Å². The van der Waals surface area contributed by atoms with Crippen molar-refractivity contribution in [3.05, 3.63) is 46.8 Å². The number of para-hydroxylation sites is 1. The zero-order chi connectivity index (χ0) is 18.0. The van der Waals surface area contributed by atoms with Crippen LogP contribution in [0.5, 0.6) is 0 Å². The molecule has 0 atom stereocenters. The lowest BCUT2D eigenvalue weighted by molar-refractivity contribution is 0.0525. The Balaban J connectivity index is 1.75. The Morgan fingerprint density at radius 1 is 1.28 bits per heavy atom. The van der Waals surface area contributed by atoms with Crippen LogP contribution in [-0.4, -0.2) is 34.1 Å². The molecule has 0 aliphatic carbocycles. The third-order valence-electron chi connectivity index (χ3n) is 3.80. The van der Waals surface area contributed by atoms with Gasteiger partial charge in [-0.25, -0.2) is 9.78 Å². The summed E-state index contributed by atoms with van der Waals surface area (Å²) in [5, 5.41) is 0. The van der Waals surface area contributed by atoms with Gasteiger partial charge >= 0.3 is 5.97 Å². The third kappa shape index (κ3) is 3.62. The second-order valence-electron chi connectivity index (χ2n) is 5.50. The number of carbonyl (C=O) groups is 2. The van der Waals surface area contributed by atoms with Gasteiger partial charge in [0.25, 0.3) is 0 Å². The number of ketones is 1. The van der Waals surface area contributed by atoms with E-state index in [2.05, 4.69) is 9.97 Å². The summed E-state index contributed by atoms with van der Waals surface area (Å²) >= 11 is 2.99. The zero-order valence-corrected chi connectivity index (χ0v) is 15.8. The van der Waals surface area contributed by atoms with Gasteiger partial charge in [-0.2, -0.15) is 0 Å². The molecular weight excluding hydrogens is 356 g/mol. The van der Waals surface area contributed by atoms with Gasteiger partial charge in [-0.3, -0.25) is 4.79 Å². The van der Waals surface area contributed by atoms with Crippen molar-refractivity contribution in [1.29, 1.82) is 0 Å². The minimum atomic E-state index is -0.397. The fraction of sp³-hybridized carbons (Fsp3) is 0.278. The molecule has 2 aromatic heterocycles. The predicted octanol–water partition coefficient (Wildman–Crippen LogP) is 4.39. The largest absolute Gasteiger partial charge is 0.462 e. The van der Waals surface area contributed by atoms with Crippen LogP contribution in [0.2, 0.25) is 0 Å². The van der Waals surface area contributed by atoms with E-state index in [1.54, 1.807) is 32.1 Å². The molecule has 0 radical (unpaired) electrons. The summed E-state index contributed by atoms with van der Waals surface area (Å²) in [7, 11) is 0. The maximum Gasteiger partial charge on any atom is 0.340 e. The molecule has 3 rings (SSSR count). The van der Waals surface area contributed by atoms with Crippen LogP contribution < -0.4 is 0 Å². The van der Waals surface area contributed by atoms with Gasteiger partial charge in [0.05, 0.1) is 33.8 Å². The van der Waals surface area contributed by atoms with Crippen molar-refractivity contribution < 1.29 is 14.3 Å². The summed E-state index contributed by atoms with van der Waals surface area (Å²) in [4.78, 5) is 32.2. The number of carbonyl (C=O) groups excluding carboxylic acids is 2. The average Bonchev–Trinajstić information content (AvgIpc) is 3.13. The van der Waals surface area contributed by atoms with Gasteiger partial charge in [-0.15, -0.1) is 11.3 Å². The number of hydrogen-bond donors (Lipinski definition) is 1. The molecule has 25 heavy (non-hydrogen) atoms. The Bertz CT molecular complexity index is 910. The molecule has 0 aliphatic heterocycles. The van der Waals surface area contributed by atoms with Crippen LogP contribution in [-0.2, 0) is 4.74 Å². The number of thioether (sulfide) groups is 1. The maximum absolute atomic E-state index is 12.6. The number of aryl methyl sites for hydroxylation is 1. The lowest BCUT2D eigenvalue weighted by Gasteiger charge is -2.02. The van der Waals surface area contributed by atoms with E-state index in [4.69, 9.17) is 4.74 Å². The summed E-state index contributed by atoms with van der Waals surface area (Å²) in [6.45, 7) is 5.61. The van der Waals surface area contributed by atoms with Crippen molar-refractivity contribution in [3.8, 4) is 0 Å². The van der Waals surface area contributed by atoms with Crippen molar-refractivity contribution >= 4 is 45.1 Å². The highest BCUT2D eigenvalue weighted by atomic mass is 32.2. The Morgan fingerprint density at radius 3 is 2.76 bits per heavy atom. The molecule has 1 N–H and O–H groups in total. The quantitative estimate of drug-likeness (QED) is 0.393. The van der Waals surface area contributed by atoms with Crippen molar-refractivity contribution in [1.82, 2.24) is 9.97 Å². The molecule has 0 spiro atoms. The zero-order valence-electron chi connectivity index (χ0n) is 14.2. The Hall–Kier alpha value is -2.12. The van der Waals surface area contributed by atoms with Gasteiger partial charge in [0.1, 0.15) is 0 Å². The number of thiazole rings is 1. The molecule has 0 saturated carbocycles. The molecule has 0 bridgehead atoms. The molecule has 0 saturated heterocycles. The monoisotopic (exact) mass is 374 g/mol. The lowest BCUT2D eigenvalue weighted by atomic mass is 10.1. The van der Waals surface area contributed by atoms with Crippen LogP contribution in [0.4, 0.5) is 0 Å². The van der Waals surface area contributed by atoms with E-state index in [1.807, 2.05) is 24.3 Å². The van der Waals surface area contributed by atoms with Crippen LogP contribution in [0.1, 0.15) is 39.0 Å². The van der Waals surface area contributed by atoms with Crippen molar-refractivity contribution in [2.75, 3.05) is 12.4 Å². The van der Waals surface area contributed by atoms with Crippen molar-refractivity contribution in [3.63, 3.8) is 0 Å². The third-order valence-corrected chi connectivity index (χ3v) is 5.98. The summed E-state index contributed by atoms with van der Waals surface area (Å²) in [6, 6.07) is 7.90. The topological polar surface area (TPSA) is 72.1 Å². The van der Waals surface area contributed by atoms with E-state index in [9.17, 15) is 9.59 Å². The number of benzene rings is 1. The number of nitrogens with zero attached hydrogens (tertiary/aromatic N) is 1. The Labute approximate surface area is 153 Å². The van der Waals surface area contributed by atoms with Gasteiger partial charge in [0.15, 0.2) is 10.1 Å². The van der Waals surface area contributed by atoms with Gasteiger partial charge in [-0.1, -0.05) is 23.9 Å². The lowest BCUT2D eigenvalue weighted by Crippen LogP contribution is -2.08. The first-order chi connectivity index (χ1) is 12.0. The summed E-state index contributed by atoms with van der Waals surface area (Å²) < 4.78 is 7.03. The molecule has 7 heteroatoms. The Kier molecular flexibility index (Phi) is 5.24. The van der Waals surface area contributed by atoms with Crippen LogP contribution in [0.15, 0.2) is 28.6 Å². The first kappa shape index (κ1) is 17.7. The highest BCUT2D eigenvalue weighted by Crippen LogP contribution is 2.30. The van der Waals surface area contributed by atoms with Crippen molar-refractivity contribution in [2.24, 2.45) is 0 Å². The molecule has 3 aromatic rings.